The molecule has 1 saturated heterocycles. The van der Waals surface area contributed by atoms with Crippen LogP contribution in [0.5, 0.6) is 0 Å². The van der Waals surface area contributed by atoms with E-state index < -0.39 is 11.6 Å². The molecule has 1 heterocycles. The van der Waals surface area contributed by atoms with Gasteiger partial charge in [0.15, 0.2) is 5.78 Å². The van der Waals surface area contributed by atoms with E-state index in [1.807, 2.05) is 7.05 Å². The van der Waals surface area contributed by atoms with Crippen LogP contribution in [-0.2, 0) is 0 Å². The van der Waals surface area contributed by atoms with Gasteiger partial charge < -0.3 is 4.90 Å². The molecule has 1 aromatic carbocycles. The molecule has 92 valence electrons. The summed E-state index contributed by atoms with van der Waals surface area (Å²) >= 11 is 0. The number of Topliss-reactive ketones (excluding diaryl/α,β-unsaturated/α-hetero) is 1. The molecule has 0 aliphatic carbocycles. The van der Waals surface area contributed by atoms with Crippen LogP contribution >= 0.6 is 0 Å². The summed E-state index contributed by atoms with van der Waals surface area (Å²) in [7, 11) is 1.99. The quantitative estimate of drug-likeness (QED) is 0.739. The van der Waals surface area contributed by atoms with E-state index in [1.54, 1.807) is 0 Å². The van der Waals surface area contributed by atoms with Gasteiger partial charge in [0.2, 0.25) is 0 Å². The minimum atomic E-state index is -0.629. The van der Waals surface area contributed by atoms with Crippen molar-refractivity contribution < 1.29 is 13.6 Å². The summed E-state index contributed by atoms with van der Waals surface area (Å²) in [5.41, 5.74) is -0.112. The summed E-state index contributed by atoms with van der Waals surface area (Å²) in [6, 6.07) is 3.04. The smallest absolute Gasteiger partial charge is 0.169 e. The molecule has 0 saturated carbocycles. The molecule has 17 heavy (non-hydrogen) atoms. The Hall–Kier alpha value is -1.29. The van der Waals surface area contributed by atoms with Gasteiger partial charge >= 0.3 is 0 Å². The van der Waals surface area contributed by atoms with Crippen LogP contribution in [0.2, 0.25) is 0 Å². The zero-order chi connectivity index (χ0) is 12.4. The van der Waals surface area contributed by atoms with Crippen molar-refractivity contribution >= 4 is 5.78 Å². The number of nitrogens with zero attached hydrogens (tertiary/aromatic N) is 1. The van der Waals surface area contributed by atoms with Gasteiger partial charge in [-0.3, -0.25) is 4.79 Å². The fraction of sp³-hybridized carbons (Fsp3) is 0.462. The maximum atomic E-state index is 13.5. The van der Waals surface area contributed by atoms with Crippen molar-refractivity contribution in [3.63, 3.8) is 0 Å². The average molecular weight is 239 g/mol. The van der Waals surface area contributed by atoms with Gasteiger partial charge in [0.25, 0.3) is 0 Å². The number of likely N-dealkylation sites (tertiary alicyclic amines) is 1. The van der Waals surface area contributed by atoms with Gasteiger partial charge in [-0.2, -0.15) is 0 Å². The SMILES string of the molecule is CN1CCC(C(=O)c2cc(F)ccc2F)CC1. The van der Waals surface area contributed by atoms with Crippen molar-refractivity contribution in [2.45, 2.75) is 12.8 Å². The molecule has 1 aliphatic heterocycles. The number of carbonyl (C=O) groups is 1. The number of hydrogen-bond donors (Lipinski definition) is 0. The molecule has 1 aromatic rings. The first-order valence-electron chi connectivity index (χ1n) is 5.75. The maximum absolute atomic E-state index is 13.5. The van der Waals surface area contributed by atoms with Gasteiger partial charge in [-0.1, -0.05) is 0 Å². The van der Waals surface area contributed by atoms with Crippen molar-refractivity contribution in [2.24, 2.45) is 5.92 Å². The molecular formula is C13H15F2NO. The Kier molecular flexibility index (Phi) is 3.52. The van der Waals surface area contributed by atoms with E-state index in [-0.39, 0.29) is 17.3 Å². The second kappa shape index (κ2) is 4.92. The third-order valence-corrected chi connectivity index (χ3v) is 3.28. The summed E-state index contributed by atoms with van der Waals surface area (Å²) in [5.74, 6) is -1.64. The molecule has 2 rings (SSSR count). The van der Waals surface area contributed by atoms with Gasteiger partial charge in [0.1, 0.15) is 11.6 Å². The maximum Gasteiger partial charge on any atom is 0.169 e. The number of halogens is 2. The average Bonchev–Trinajstić information content (AvgIpc) is 2.32. The molecule has 0 N–H and O–H groups in total. The van der Waals surface area contributed by atoms with Gasteiger partial charge in [-0.05, 0) is 51.2 Å². The van der Waals surface area contributed by atoms with E-state index in [9.17, 15) is 13.6 Å². The molecular weight excluding hydrogens is 224 g/mol. The van der Waals surface area contributed by atoms with Crippen LogP contribution < -0.4 is 0 Å². The zero-order valence-electron chi connectivity index (χ0n) is 9.75. The normalized spacial score (nSPS) is 18.3. The van der Waals surface area contributed by atoms with E-state index in [4.69, 9.17) is 0 Å². The second-order valence-electron chi connectivity index (χ2n) is 4.57. The third kappa shape index (κ3) is 2.69. The lowest BCUT2D eigenvalue weighted by Crippen LogP contribution is -2.33. The van der Waals surface area contributed by atoms with Gasteiger partial charge in [0.05, 0.1) is 5.56 Å². The van der Waals surface area contributed by atoms with E-state index >= 15 is 0 Å². The number of benzene rings is 1. The van der Waals surface area contributed by atoms with Gasteiger partial charge in [0, 0.05) is 5.92 Å². The first-order chi connectivity index (χ1) is 8.08. The zero-order valence-corrected chi connectivity index (χ0v) is 9.75. The Morgan fingerprint density at radius 1 is 1.29 bits per heavy atom. The van der Waals surface area contributed by atoms with Crippen molar-refractivity contribution in [3.8, 4) is 0 Å². The summed E-state index contributed by atoms with van der Waals surface area (Å²) in [5, 5.41) is 0. The second-order valence-corrected chi connectivity index (χ2v) is 4.57. The van der Waals surface area contributed by atoms with E-state index in [2.05, 4.69) is 4.90 Å². The van der Waals surface area contributed by atoms with Crippen LogP contribution in [0.15, 0.2) is 18.2 Å². The van der Waals surface area contributed by atoms with Gasteiger partial charge in [-0.25, -0.2) is 8.78 Å². The highest BCUT2D eigenvalue weighted by molar-refractivity contribution is 5.98. The minimum Gasteiger partial charge on any atom is -0.306 e. The molecule has 1 aliphatic rings. The molecule has 0 amide bonds. The Morgan fingerprint density at radius 2 is 1.94 bits per heavy atom. The molecule has 2 nitrogen and oxygen atoms in total. The summed E-state index contributed by atoms with van der Waals surface area (Å²) in [6.45, 7) is 1.65. The molecule has 0 radical (unpaired) electrons. The summed E-state index contributed by atoms with van der Waals surface area (Å²) < 4.78 is 26.5. The van der Waals surface area contributed by atoms with Crippen molar-refractivity contribution in [3.05, 3.63) is 35.4 Å². The highest BCUT2D eigenvalue weighted by Crippen LogP contribution is 2.22. The molecule has 0 spiro atoms. The van der Waals surface area contributed by atoms with Crippen LogP contribution in [0, 0.1) is 17.6 Å². The number of piperidine rings is 1. The highest BCUT2D eigenvalue weighted by atomic mass is 19.1. The lowest BCUT2D eigenvalue weighted by atomic mass is 9.89. The summed E-state index contributed by atoms with van der Waals surface area (Å²) in [4.78, 5) is 14.2. The number of hydrogen-bond acceptors (Lipinski definition) is 2. The Balaban J connectivity index is 2.16. The molecule has 0 unspecified atom stereocenters. The predicted octanol–water partition coefficient (Wildman–Crippen LogP) is 2.49. The van der Waals surface area contributed by atoms with Crippen LogP contribution in [0.3, 0.4) is 0 Å². The fourth-order valence-electron chi connectivity index (χ4n) is 2.18. The number of ketones is 1. The van der Waals surface area contributed by atoms with E-state index in [0.717, 1.165) is 31.3 Å². The Labute approximate surface area is 99.2 Å². The van der Waals surface area contributed by atoms with Crippen molar-refractivity contribution in [1.29, 1.82) is 0 Å². The van der Waals surface area contributed by atoms with Crippen molar-refractivity contribution in [2.75, 3.05) is 20.1 Å². The molecule has 4 heteroatoms. The first kappa shape index (κ1) is 12.2. The minimum absolute atomic E-state index is 0.112. The topological polar surface area (TPSA) is 20.3 Å². The fourth-order valence-corrected chi connectivity index (χ4v) is 2.18. The predicted molar refractivity (Wildman–Crippen MR) is 60.9 cm³/mol. The lowest BCUT2D eigenvalue weighted by molar-refractivity contribution is 0.0852. The number of carbonyl (C=O) groups excluding carboxylic acids is 1. The van der Waals surface area contributed by atoms with E-state index in [1.165, 1.54) is 0 Å². The van der Waals surface area contributed by atoms with E-state index in [0.29, 0.717) is 12.8 Å². The van der Waals surface area contributed by atoms with Gasteiger partial charge in [-0.15, -0.1) is 0 Å². The first-order valence-corrected chi connectivity index (χ1v) is 5.75. The van der Waals surface area contributed by atoms with Crippen LogP contribution in [0.25, 0.3) is 0 Å². The highest BCUT2D eigenvalue weighted by Gasteiger charge is 2.26. The molecule has 0 bridgehead atoms. The van der Waals surface area contributed by atoms with Crippen LogP contribution in [0.4, 0.5) is 8.78 Å². The van der Waals surface area contributed by atoms with Crippen LogP contribution in [-0.4, -0.2) is 30.8 Å². The monoisotopic (exact) mass is 239 g/mol. The molecule has 0 aromatic heterocycles. The Bertz CT molecular complexity index is 425. The standard InChI is InChI=1S/C13H15F2NO/c1-16-6-4-9(5-7-16)13(17)11-8-10(14)2-3-12(11)15/h2-3,8-9H,4-7H2,1H3. The lowest BCUT2D eigenvalue weighted by Gasteiger charge is -2.28. The third-order valence-electron chi connectivity index (χ3n) is 3.28. The number of rotatable bonds is 2. The molecule has 1 fully saturated rings. The summed E-state index contributed by atoms with van der Waals surface area (Å²) in [6.07, 6.45) is 1.43. The largest absolute Gasteiger partial charge is 0.306 e. The Morgan fingerprint density at radius 3 is 2.59 bits per heavy atom. The van der Waals surface area contributed by atoms with Crippen molar-refractivity contribution in [1.82, 2.24) is 4.90 Å². The van der Waals surface area contributed by atoms with Crippen LogP contribution in [0.1, 0.15) is 23.2 Å². The molecule has 0 atom stereocenters.